The van der Waals surface area contributed by atoms with Gasteiger partial charge in [0.2, 0.25) is 0 Å². The summed E-state index contributed by atoms with van der Waals surface area (Å²) in [6, 6.07) is 0. The summed E-state index contributed by atoms with van der Waals surface area (Å²) in [4.78, 5) is 23.5. The summed E-state index contributed by atoms with van der Waals surface area (Å²) in [5, 5.41) is 0. The molecule has 1 atom stereocenters. The van der Waals surface area contributed by atoms with E-state index in [4.69, 9.17) is 23.5 Å². The van der Waals surface area contributed by atoms with Crippen LogP contribution in [0.5, 0.6) is 0 Å². The van der Waals surface area contributed by atoms with Gasteiger partial charge in [0.25, 0.3) is 10.1 Å². The molecule has 0 aromatic carbocycles. The van der Waals surface area contributed by atoms with E-state index in [0.29, 0.717) is 18.1 Å². The second-order valence-electron chi connectivity index (χ2n) is 7.12. The fourth-order valence-corrected chi connectivity index (χ4v) is 3.28. The van der Waals surface area contributed by atoms with Crippen LogP contribution >= 0.6 is 11.8 Å². The van der Waals surface area contributed by atoms with E-state index in [9.17, 15) is 18.0 Å². The van der Waals surface area contributed by atoms with Gasteiger partial charge in [-0.05, 0) is 26.7 Å². The van der Waals surface area contributed by atoms with Crippen LogP contribution in [0, 0.1) is 11.3 Å². The Morgan fingerprint density at radius 2 is 1.72 bits per heavy atom. The first-order chi connectivity index (χ1) is 13.5. The van der Waals surface area contributed by atoms with Gasteiger partial charge in [-0.1, -0.05) is 13.8 Å². The first kappa shape index (κ1) is 28.1. The maximum atomic E-state index is 12.0. The highest BCUT2D eigenvalue weighted by Gasteiger charge is 2.29. The molecule has 0 amide bonds. The van der Waals surface area contributed by atoms with Crippen LogP contribution in [0.4, 0.5) is 0 Å². The highest BCUT2D eigenvalue weighted by Crippen LogP contribution is 2.23. The zero-order valence-electron chi connectivity index (χ0n) is 17.7. The third-order valence-corrected chi connectivity index (χ3v) is 6.01. The van der Waals surface area contributed by atoms with Crippen LogP contribution < -0.4 is 0 Å². The molecule has 0 aliphatic heterocycles. The van der Waals surface area contributed by atoms with Crippen molar-refractivity contribution in [3.05, 3.63) is 0 Å². The zero-order chi connectivity index (χ0) is 22.3. The first-order valence-electron chi connectivity index (χ1n) is 9.52. The van der Waals surface area contributed by atoms with E-state index >= 15 is 0 Å². The van der Waals surface area contributed by atoms with Crippen molar-refractivity contribution < 1.29 is 41.5 Å². The van der Waals surface area contributed by atoms with Crippen LogP contribution in [-0.2, 0) is 38.7 Å². The molecule has 1 N–H and O–H groups in total. The number of carbonyl (C=O) groups is 2. The van der Waals surface area contributed by atoms with Crippen LogP contribution in [-0.4, -0.2) is 75.4 Å². The minimum absolute atomic E-state index is 0.0540. The lowest BCUT2D eigenvalue weighted by atomic mass is 9.97. The van der Waals surface area contributed by atoms with Gasteiger partial charge in [-0.25, -0.2) is 0 Å². The number of thioether (sulfide) groups is 1. The van der Waals surface area contributed by atoms with Crippen molar-refractivity contribution in [3.63, 3.8) is 0 Å². The van der Waals surface area contributed by atoms with Crippen LogP contribution in [0.25, 0.3) is 0 Å². The maximum absolute atomic E-state index is 12.0. The monoisotopic (exact) mass is 458 g/mol. The van der Waals surface area contributed by atoms with E-state index in [2.05, 4.69) is 0 Å². The highest BCUT2D eigenvalue weighted by molar-refractivity contribution is 7.99. The van der Waals surface area contributed by atoms with Gasteiger partial charge < -0.3 is 18.9 Å². The fraction of sp³-hybridized carbons (Fsp3) is 0.889. The molecule has 0 spiro atoms. The minimum Gasteiger partial charge on any atom is -0.465 e. The van der Waals surface area contributed by atoms with Crippen molar-refractivity contribution in [2.24, 2.45) is 11.3 Å². The van der Waals surface area contributed by atoms with Gasteiger partial charge in [-0.2, -0.15) is 20.2 Å². The zero-order valence-corrected chi connectivity index (χ0v) is 19.3. The molecule has 0 aliphatic rings. The van der Waals surface area contributed by atoms with Crippen molar-refractivity contribution in [2.45, 2.75) is 40.5 Å². The Morgan fingerprint density at radius 3 is 2.34 bits per heavy atom. The summed E-state index contributed by atoms with van der Waals surface area (Å²) in [5.74, 6) is -0.0213. The molecule has 0 aromatic heterocycles. The Bertz CT molecular complexity index is 576. The molecule has 29 heavy (non-hydrogen) atoms. The standard InChI is InChI=1S/C18H34O9S2/c1-5-15(2)16(19)26-9-8-24-14-25-10-11-28-13-18(3,4)17(20)27-7-6-12-29(21,22)23/h15H,5-14H2,1-4H3,(H,21,22,23). The maximum Gasteiger partial charge on any atom is 0.312 e. The average Bonchev–Trinajstić information content (AvgIpc) is 2.64. The molecule has 172 valence electrons. The number of rotatable bonds is 17. The minimum atomic E-state index is -4.04. The summed E-state index contributed by atoms with van der Waals surface area (Å²) >= 11 is 1.52. The Hall–Kier alpha value is -0.880. The van der Waals surface area contributed by atoms with E-state index in [1.54, 1.807) is 13.8 Å². The Morgan fingerprint density at radius 1 is 1.07 bits per heavy atom. The molecule has 0 aromatic rings. The van der Waals surface area contributed by atoms with Gasteiger partial charge in [0.15, 0.2) is 0 Å². The summed E-state index contributed by atoms with van der Waals surface area (Å²) in [7, 11) is -4.04. The number of hydrogen-bond donors (Lipinski definition) is 1. The number of carbonyl (C=O) groups excluding carboxylic acids is 2. The lowest BCUT2D eigenvalue weighted by Gasteiger charge is -2.22. The Labute approximate surface area is 177 Å². The second-order valence-corrected chi connectivity index (χ2v) is 9.80. The molecule has 0 aliphatic carbocycles. The molecule has 9 nitrogen and oxygen atoms in total. The lowest BCUT2D eigenvalue weighted by molar-refractivity contribution is -0.152. The van der Waals surface area contributed by atoms with E-state index in [-0.39, 0.29) is 44.9 Å². The molecule has 11 heteroatoms. The van der Waals surface area contributed by atoms with Crippen molar-refractivity contribution in [1.82, 2.24) is 0 Å². The predicted molar refractivity (Wildman–Crippen MR) is 110 cm³/mol. The quantitative estimate of drug-likeness (QED) is 0.150. The largest absolute Gasteiger partial charge is 0.465 e. The van der Waals surface area contributed by atoms with Crippen LogP contribution in [0.1, 0.15) is 40.5 Å². The van der Waals surface area contributed by atoms with Crippen LogP contribution in [0.3, 0.4) is 0 Å². The Kier molecular flexibility index (Phi) is 14.5. The highest BCUT2D eigenvalue weighted by atomic mass is 32.2. The number of ether oxygens (including phenoxy) is 4. The predicted octanol–water partition coefficient (Wildman–Crippen LogP) is 2.15. The third kappa shape index (κ3) is 15.6. The van der Waals surface area contributed by atoms with Crippen molar-refractivity contribution >= 4 is 33.8 Å². The summed E-state index contributed by atoms with van der Waals surface area (Å²) in [5.41, 5.74) is -0.723. The first-order valence-corrected chi connectivity index (χ1v) is 12.3. The van der Waals surface area contributed by atoms with Crippen molar-refractivity contribution in [3.8, 4) is 0 Å². The topological polar surface area (TPSA) is 125 Å². The molecule has 0 saturated carbocycles. The van der Waals surface area contributed by atoms with Gasteiger partial charge in [0.1, 0.15) is 13.4 Å². The van der Waals surface area contributed by atoms with Gasteiger partial charge >= 0.3 is 11.9 Å². The smallest absolute Gasteiger partial charge is 0.312 e. The van der Waals surface area contributed by atoms with Crippen LogP contribution in [0.2, 0.25) is 0 Å². The van der Waals surface area contributed by atoms with E-state index in [1.165, 1.54) is 11.8 Å². The Balaban J connectivity index is 3.67. The average molecular weight is 459 g/mol. The SMILES string of the molecule is CCC(C)C(=O)OCCOCOCCSCC(C)(C)C(=O)OCCCS(=O)(=O)O. The summed E-state index contributed by atoms with van der Waals surface area (Å²) in [6.45, 7) is 8.18. The molecule has 0 rings (SSSR count). The summed E-state index contributed by atoms with van der Waals surface area (Å²) in [6.07, 6.45) is 0.793. The molecular weight excluding hydrogens is 424 g/mol. The summed E-state index contributed by atoms with van der Waals surface area (Å²) < 4.78 is 50.5. The van der Waals surface area contributed by atoms with E-state index in [0.717, 1.165) is 6.42 Å². The van der Waals surface area contributed by atoms with Gasteiger partial charge in [0, 0.05) is 11.5 Å². The third-order valence-electron chi connectivity index (χ3n) is 3.82. The normalized spacial score (nSPS) is 13.1. The van der Waals surface area contributed by atoms with Crippen LogP contribution in [0.15, 0.2) is 0 Å². The molecule has 1 unspecified atom stereocenters. The number of hydrogen-bond acceptors (Lipinski definition) is 9. The molecule has 0 saturated heterocycles. The van der Waals surface area contributed by atoms with Crippen molar-refractivity contribution in [1.29, 1.82) is 0 Å². The fourth-order valence-electron chi connectivity index (χ4n) is 1.79. The lowest BCUT2D eigenvalue weighted by Crippen LogP contribution is -2.30. The van der Waals surface area contributed by atoms with Gasteiger partial charge in [-0.3, -0.25) is 14.1 Å². The molecule has 0 bridgehead atoms. The van der Waals surface area contributed by atoms with E-state index in [1.807, 2.05) is 13.8 Å². The molecule has 0 fully saturated rings. The van der Waals surface area contributed by atoms with Crippen molar-refractivity contribution in [2.75, 3.05) is 50.5 Å². The molecule has 0 radical (unpaired) electrons. The van der Waals surface area contributed by atoms with E-state index < -0.39 is 27.3 Å². The number of esters is 2. The van der Waals surface area contributed by atoms with Gasteiger partial charge in [-0.15, -0.1) is 0 Å². The second kappa shape index (κ2) is 15.0. The van der Waals surface area contributed by atoms with Gasteiger partial charge in [0.05, 0.1) is 36.9 Å². The molecule has 0 heterocycles. The molecular formula is C18H34O9S2.